The molecule has 1 aromatic carbocycles. The second-order valence-corrected chi connectivity index (χ2v) is 4.37. The van der Waals surface area contributed by atoms with Crippen molar-refractivity contribution in [3.63, 3.8) is 0 Å². The number of nitrogens with two attached hydrogens (primary N) is 2. The number of rotatable bonds is 3. The monoisotopic (exact) mass is 284 g/mol. The molecule has 0 saturated heterocycles. The number of ether oxygens (including phenoxy) is 1. The zero-order valence-electron chi connectivity index (χ0n) is 10.9. The number of nitrogens with zero attached hydrogens (tertiary/aromatic N) is 2. The molecule has 21 heavy (non-hydrogen) atoms. The lowest BCUT2D eigenvalue weighted by Crippen LogP contribution is -2.04. The van der Waals surface area contributed by atoms with Crippen molar-refractivity contribution in [2.75, 3.05) is 11.5 Å². The summed E-state index contributed by atoms with van der Waals surface area (Å²) in [6.45, 7) is 0.0965. The summed E-state index contributed by atoms with van der Waals surface area (Å²) in [6.07, 6.45) is 1.41. The predicted molar refractivity (Wildman–Crippen MR) is 76.2 cm³/mol. The molecule has 0 unspecified atom stereocenters. The smallest absolute Gasteiger partial charge is 0.374 e. The molecule has 0 fully saturated rings. The third-order valence-corrected chi connectivity index (χ3v) is 2.90. The molecule has 0 bridgehead atoms. The molecule has 0 aliphatic heterocycles. The molecule has 3 rings (SSSR count). The van der Waals surface area contributed by atoms with Crippen LogP contribution in [-0.2, 0) is 11.3 Å². The second kappa shape index (κ2) is 5.12. The Morgan fingerprint density at radius 3 is 2.86 bits per heavy atom. The van der Waals surface area contributed by atoms with Crippen molar-refractivity contribution < 1.29 is 13.9 Å². The Balaban J connectivity index is 1.80. The molecule has 4 N–H and O–H groups in total. The number of nitrogen functional groups attached to an aromatic ring is 2. The van der Waals surface area contributed by atoms with E-state index in [1.165, 1.54) is 12.3 Å². The fourth-order valence-electron chi connectivity index (χ4n) is 1.92. The first-order chi connectivity index (χ1) is 10.1. The first-order valence-electron chi connectivity index (χ1n) is 6.16. The van der Waals surface area contributed by atoms with Crippen LogP contribution in [-0.4, -0.2) is 15.9 Å². The molecule has 0 amide bonds. The number of fused-ring (bicyclic) bond motifs is 1. The van der Waals surface area contributed by atoms with E-state index in [-0.39, 0.29) is 24.1 Å². The van der Waals surface area contributed by atoms with E-state index < -0.39 is 5.97 Å². The van der Waals surface area contributed by atoms with Gasteiger partial charge in [-0.1, -0.05) is 6.07 Å². The minimum Gasteiger partial charge on any atom is -0.457 e. The van der Waals surface area contributed by atoms with Gasteiger partial charge >= 0.3 is 5.97 Å². The number of furan rings is 1. The van der Waals surface area contributed by atoms with E-state index in [4.69, 9.17) is 20.6 Å². The van der Waals surface area contributed by atoms with Crippen LogP contribution in [0.2, 0.25) is 0 Å². The largest absolute Gasteiger partial charge is 0.457 e. The van der Waals surface area contributed by atoms with Crippen molar-refractivity contribution in [2.24, 2.45) is 0 Å². The molecule has 3 aromatic rings. The van der Waals surface area contributed by atoms with Crippen LogP contribution in [0.1, 0.15) is 16.1 Å². The molecular formula is C14H12N4O3. The fraction of sp³-hybridized carbons (Fsp3) is 0.0714. The number of aromatic nitrogens is 2. The molecule has 2 aromatic heterocycles. The van der Waals surface area contributed by atoms with Gasteiger partial charge in [-0.2, -0.15) is 4.98 Å². The number of carbonyl (C=O) groups is 1. The first-order valence-corrected chi connectivity index (χ1v) is 6.16. The van der Waals surface area contributed by atoms with Crippen molar-refractivity contribution in [3.8, 4) is 0 Å². The normalized spacial score (nSPS) is 10.7. The maximum absolute atomic E-state index is 11.7. The topological polar surface area (TPSA) is 117 Å². The van der Waals surface area contributed by atoms with Crippen LogP contribution in [0.4, 0.5) is 11.8 Å². The van der Waals surface area contributed by atoms with E-state index in [2.05, 4.69) is 9.97 Å². The van der Waals surface area contributed by atoms with Gasteiger partial charge < -0.3 is 20.6 Å². The third-order valence-electron chi connectivity index (χ3n) is 2.90. The molecular weight excluding hydrogens is 272 g/mol. The van der Waals surface area contributed by atoms with E-state index in [0.717, 1.165) is 5.56 Å². The van der Waals surface area contributed by atoms with Gasteiger partial charge in [0.15, 0.2) is 0 Å². The Labute approximate surface area is 119 Å². The number of carbonyl (C=O) groups excluding carboxylic acids is 1. The molecule has 106 valence electrons. The van der Waals surface area contributed by atoms with Crippen molar-refractivity contribution in [2.45, 2.75) is 6.61 Å². The molecule has 7 heteroatoms. The standard InChI is InChI=1S/C14H12N4O3/c15-12-9-6-8(3-4-10(9)17-14(16)18-12)7-21-13(19)11-2-1-5-20-11/h1-6H,7H2,(H4,15,16,17,18). The van der Waals surface area contributed by atoms with Gasteiger partial charge in [0.2, 0.25) is 11.7 Å². The molecule has 0 aliphatic carbocycles. The van der Waals surface area contributed by atoms with Crippen molar-refractivity contribution in [3.05, 3.63) is 47.9 Å². The fourth-order valence-corrected chi connectivity index (χ4v) is 1.92. The highest BCUT2D eigenvalue weighted by Crippen LogP contribution is 2.20. The summed E-state index contributed by atoms with van der Waals surface area (Å²) in [4.78, 5) is 19.7. The Hall–Kier alpha value is -3.09. The third kappa shape index (κ3) is 2.62. The van der Waals surface area contributed by atoms with Gasteiger partial charge in [0.1, 0.15) is 12.4 Å². The molecule has 0 atom stereocenters. The number of anilines is 2. The van der Waals surface area contributed by atoms with Gasteiger partial charge in [-0.15, -0.1) is 0 Å². The number of hydrogen-bond donors (Lipinski definition) is 2. The zero-order chi connectivity index (χ0) is 14.8. The van der Waals surface area contributed by atoms with Gasteiger partial charge in [0.05, 0.1) is 11.8 Å². The average Bonchev–Trinajstić information content (AvgIpc) is 2.99. The Kier molecular flexibility index (Phi) is 3.15. The maximum Gasteiger partial charge on any atom is 0.374 e. The Morgan fingerprint density at radius 2 is 2.10 bits per heavy atom. The molecule has 0 spiro atoms. The summed E-state index contributed by atoms with van der Waals surface area (Å²) in [5, 5.41) is 0.663. The van der Waals surface area contributed by atoms with Crippen LogP contribution in [0, 0.1) is 0 Å². The highest BCUT2D eigenvalue weighted by atomic mass is 16.5. The lowest BCUT2D eigenvalue weighted by atomic mass is 10.1. The van der Waals surface area contributed by atoms with Crippen molar-refractivity contribution >= 4 is 28.6 Å². The van der Waals surface area contributed by atoms with Gasteiger partial charge in [0, 0.05) is 5.39 Å². The van der Waals surface area contributed by atoms with Crippen LogP contribution < -0.4 is 11.5 Å². The van der Waals surface area contributed by atoms with Crippen LogP contribution in [0.3, 0.4) is 0 Å². The lowest BCUT2D eigenvalue weighted by Gasteiger charge is -2.06. The minimum atomic E-state index is -0.526. The molecule has 2 heterocycles. The molecule has 0 aliphatic rings. The van der Waals surface area contributed by atoms with Crippen LogP contribution in [0.5, 0.6) is 0 Å². The highest BCUT2D eigenvalue weighted by molar-refractivity contribution is 5.89. The summed E-state index contributed by atoms with van der Waals surface area (Å²) in [7, 11) is 0. The number of benzene rings is 1. The summed E-state index contributed by atoms with van der Waals surface area (Å²) >= 11 is 0. The number of hydrogen-bond acceptors (Lipinski definition) is 7. The van der Waals surface area contributed by atoms with Crippen LogP contribution >= 0.6 is 0 Å². The van der Waals surface area contributed by atoms with Crippen molar-refractivity contribution in [1.82, 2.24) is 9.97 Å². The molecule has 7 nitrogen and oxygen atoms in total. The van der Waals surface area contributed by atoms with E-state index in [1.54, 1.807) is 24.3 Å². The van der Waals surface area contributed by atoms with Gasteiger partial charge in [-0.25, -0.2) is 9.78 Å². The molecule has 0 radical (unpaired) electrons. The Morgan fingerprint density at radius 1 is 1.24 bits per heavy atom. The van der Waals surface area contributed by atoms with E-state index in [0.29, 0.717) is 10.9 Å². The summed E-state index contributed by atoms with van der Waals surface area (Å²) in [5.74, 6) is 0.0433. The quantitative estimate of drug-likeness (QED) is 0.703. The van der Waals surface area contributed by atoms with Gasteiger partial charge in [-0.05, 0) is 29.8 Å². The molecule has 0 saturated carbocycles. The minimum absolute atomic E-state index is 0.0965. The highest BCUT2D eigenvalue weighted by Gasteiger charge is 2.11. The van der Waals surface area contributed by atoms with Gasteiger partial charge in [-0.3, -0.25) is 0 Å². The summed E-state index contributed by atoms with van der Waals surface area (Å²) in [5.41, 5.74) is 12.7. The van der Waals surface area contributed by atoms with Crippen LogP contribution in [0.25, 0.3) is 10.9 Å². The lowest BCUT2D eigenvalue weighted by molar-refractivity contribution is 0.0436. The van der Waals surface area contributed by atoms with E-state index >= 15 is 0 Å². The zero-order valence-corrected chi connectivity index (χ0v) is 10.9. The SMILES string of the molecule is Nc1nc(N)c2cc(COC(=O)c3ccco3)ccc2n1. The Bertz CT molecular complexity index is 799. The van der Waals surface area contributed by atoms with E-state index in [9.17, 15) is 4.79 Å². The maximum atomic E-state index is 11.7. The average molecular weight is 284 g/mol. The van der Waals surface area contributed by atoms with E-state index in [1.807, 2.05) is 0 Å². The summed E-state index contributed by atoms with van der Waals surface area (Å²) in [6, 6.07) is 8.45. The predicted octanol–water partition coefficient (Wildman–Crippen LogP) is 1.74. The van der Waals surface area contributed by atoms with Gasteiger partial charge in [0.25, 0.3) is 0 Å². The summed E-state index contributed by atoms with van der Waals surface area (Å²) < 4.78 is 10.1. The van der Waals surface area contributed by atoms with Crippen molar-refractivity contribution in [1.29, 1.82) is 0 Å². The number of esters is 1. The first kappa shape index (κ1) is 12.9. The van der Waals surface area contributed by atoms with Crippen LogP contribution in [0.15, 0.2) is 41.0 Å². The second-order valence-electron chi connectivity index (χ2n) is 4.37.